The van der Waals surface area contributed by atoms with Crippen molar-refractivity contribution in [3.8, 4) is 11.4 Å². The number of hydrogen-bond acceptors (Lipinski definition) is 2. The number of hydrogen-bond donors (Lipinski definition) is 0. The van der Waals surface area contributed by atoms with E-state index in [1.165, 1.54) is 0 Å². The van der Waals surface area contributed by atoms with E-state index in [1.807, 2.05) is 128 Å². The quantitative estimate of drug-likeness (QED) is 0.296. The molecule has 0 N–H and O–H groups in total. The molecular weight excluding hydrogens is 472 g/mol. The number of aromatic nitrogens is 4. The lowest BCUT2D eigenvalue weighted by Crippen LogP contribution is -2.40. The summed E-state index contributed by atoms with van der Waals surface area (Å²) in [5.41, 5.74) is 4.33. The minimum atomic E-state index is -0.937. The average Bonchev–Trinajstić information content (AvgIpc) is 3.31. The van der Waals surface area contributed by atoms with E-state index in [2.05, 4.69) is 6.92 Å². The normalized spacial score (nSPS) is 11.7. The van der Waals surface area contributed by atoms with Crippen molar-refractivity contribution in [2.75, 3.05) is 0 Å². The van der Waals surface area contributed by atoms with Gasteiger partial charge in [0.2, 0.25) is 0 Å². The molecule has 5 rings (SSSR count). The minimum Gasteiger partial charge on any atom is -0.285 e. The molecule has 0 radical (unpaired) electrons. The molecule has 0 unspecified atom stereocenters. The van der Waals surface area contributed by atoms with Gasteiger partial charge < -0.3 is 0 Å². The van der Waals surface area contributed by atoms with Crippen molar-refractivity contribution in [1.82, 2.24) is 18.7 Å². The fraction of sp³-hybridized carbons (Fsp3) is 0.250. The van der Waals surface area contributed by atoms with E-state index in [9.17, 15) is 9.59 Å². The maximum Gasteiger partial charge on any atom is 0.276 e. The van der Waals surface area contributed by atoms with Gasteiger partial charge in [-0.2, -0.15) is 0 Å². The van der Waals surface area contributed by atoms with Gasteiger partial charge in [-0.25, -0.2) is 9.36 Å². The first-order valence-corrected chi connectivity index (χ1v) is 13.1. The molecule has 0 fully saturated rings. The Bertz CT molecular complexity index is 1580. The molecule has 3 aromatic carbocycles. The fourth-order valence-electron chi connectivity index (χ4n) is 6.03. The zero-order chi connectivity index (χ0) is 27.0. The van der Waals surface area contributed by atoms with Gasteiger partial charge in [-0.1, -0.05) is 80.1 Å². The lowest BCUT2D eigenvalue weighted by Gasteiger charge is -2.33. The van der Waals surface area contributed by atoms with Crippen molar-refractivity contribution in [1.29, 1.82) is 0 Å². The Balaban J connectivity index is 1.95. The lowest BCUT2D eigenvalue weighted by atomic mass is 9.66. The third-order valence-electron chi connectivity index (χ3n) is 7.85. The van der Waals surface area contributed by atoms with E-state index in [0.717, 1.165) is 34.7 Å². The summed E-state index contributed by atoms with van der Waals surface area (Å²) in [4.78, 5) is 29.0. The smallest absolute Gasteiger partial charge is 0.276 e. The Morgan fingerprint density at radius 2 is 0.974 bits per heavy atom. The zero-order valence-electron chi connectivity index (χ0n) is 22.7. The number of rotatable bonds is 7. The molecular formula is C32H34N4O2. The molecule has 0 spiro atoms. The molecule has 2 heterocycles. The summed E-state index contributed by atoms with van der Waals surface area (Å²) in [6.45, 7) is 6.08. The SMILES string of the molecule is CCCC(c1ccccc1)(c1c(C)n(C)n(-c2ccccc2)c1=O)c1c(C)n(C)n(-c2ccccc2)c1=O. The summed E-state index contributed by atoms with van der Waals surface area (Å²) in [7, 11) is 3.82. The first-order valence-electron chi connectivity index (χ1n) is 13.1. The highest BCUT2D eigenvalue weighted by Crippen LogP contribution is 2.43. The van der Waals surface area contributed by atoms with Crippen LogP contribution in [0.3, 0.4) is 0 Å². The summed E-state index contributed by atoms with van der Waals surface area (Å²) in [5, 5.41) is 0. The number of benzene rings is 3. The molecule has 0 aliphatic carbocycles. The predicted molar refractivity (Wildman–Crippen MR) is 153 cm³/mol. The highest BCUT2D eigenvalue weighted by molar-refractivity contribution is 5.54. The molecule has 0 saturated heterocycles. The average molecular weight is 507 g/mol. The molecule has 0 bridgehead atoms. The van der Waals surface area contributed by atoms with Crippen LogP contribution in [0.4, 0.5) is 0 Å². The van der Waals surface area contributed by atoms with Crippen LogP contribution >= 0.6 is 0 Å². The molecule has 0 atom stereocenters. The van der Waals surface area contributed by atoms with E-state index < -0.39 is 5.41 Å². The molecule has 0 amide bonds. The van der Waals surface area contributed by atoms with E-state index in [0.29, 0.717) is 17.5 Å². The Morgan fingerprint density at radius 3 is 1.34 bits per heavy atom. The van der Waals surface area contributed by atoms with Crippen LogP contribution in [0.2, 0.25) is 0 Å². The molecule has 6 nitrogen and oxygen atoms in total. The molecule has 194 valence electrons. The van der Waals surface area contributed by atoms with Crippen LogP contribution in [0.1, 0.15) is 47.8 Å². The van der Waals surface area contributed by atoms with Gasteiger partial charge in [0.1, 0.15) is 0 Å². The molecule has 0 aliphatic rings. The third-order valence-corrected chi connectivity index (χ3v) is 7.85. The Hall–Kier alpha value is -4.32. The standard InChI is InChI=1S/C32H34N4O2/c1-6-22-32(25-16-10-7-11-17-25,28-23(2)33(4)35(30(28)37)26-18-12-8-13-19-26)29-24(3)34(5)36(31(29)38)27-20-14-9-15-21-27/h7-21H,6,22H2,1-5H3. The van der Waals surface area contributed by atoms with Gasteiger partial charge in [0, 0.05) is 25.5 Å². The van der Waals surface area contributed by atoms with Crippen molar-refractivity contribution in [3.63, 3.8) is 0 Å². The molecule has 6 heteroatoms. The predicted octanol–water partition coefficient (Wildman–Crippen LogP) is 5.42. The first kappa shape index (κ1) is 25.3. The van der Waals surface area contributed by atoms with Crippen LogP contribution in [0.5, 0.6) is 0 Å². The highest BCUT2D eigenvalue weighted by atomic mass is 16.1. The van der Waals surface area contributed by atoms with Gasteiger partial charge in [0.05, 0.1) is 27.9 Å². The van der Waals surface area contributed by atoms with E-state index in [1.54, 1.807) is 9.36 Å². The zero-order valence-corrected chi connectivity index (χ0v) is 22.7. The van der Waals surface area contributed by atoms with Gasteiger partial charge in [0.25, 0.3) is 11.1 Å². The molecule has 5 aromatic rings. The van der Waals surface area contributed by atoms with Crippen LogP contribution in [0.15, 0.2) is 101 Å². The van der Waals surface area contributed by atoms with Crippen LogP contribution < -0.4 is 11.1 Å². The summed E-state index contributed by atoms with van der Waals surface area (Å²) in [6, 6.07) is 29.4. The molecule has 0 aliphatic heterocycles. The van der Waals surface area contributed by atoms with E-state index in [4.69, 9.17) is 0 Å². The van der Waals surface area contributed by atoms with Crippen LogP contribution in [0, 0.1) is 13.8 Å². The Kier molecular flexibility index (Phi) is 6.57. The fourth-order valence-corrected chi connectivity index (χ4v) is 6.03. The van der Waals surface area contributed by atoms with Gasteiger partial charge in [-0.3, -0.25) is 19.0 Å². The van der Waals surface area contributed by atoms with Crippen molar-refractivity contribution < 1.29 is 0 Å². The van der Waals surface area contributed by atoms with E-state index >= 15 is 0 Å². The van der Waals surface area contributed by atoms with Crippen LogP contribution in [0.25, 0.3) is 11.4 Å². The number of nitrogens with zero attached hydrogens (tertiary/aromatic N) is 4. The monoisotopic (exact) mass is 506 g/mol. The van der Waals surface area contributed by atoms with Crippen molar-refractivity contribution in [2.45, 2.75) is 39.0 Å². The second kappa shape index (κ2) is 9.86. The van der Waals surface area contributed by atoms with Crippen molar-refractivity contribution in [2.24, 2.45) is 14.1 Å². The molecule has 0 saturated carbocycles. The molecule has 38 heavy (non-hydrogen) atoms. The molecule has 2 aromatic heterocycles. The summed E-state index contributed by atoms with van der Waals surface area (Å²) in [5.74, 6) is 0. The van der Waals surface area contributed by atoms with Crippen molar-refractivity contribution in [3.05, 3.63) is 140 Å². The highest BCUT2D eigenvalue weighted by Gasteiger charge is 2.45. The third kappa shape index (κ3) is 3.71. The van der Waals surface area contributed by atoms with Gasteiger partial charge >= 0.3 is 0 Å². The Morgan fingerprint density at radius 1 is 0.605 bits per heavy atom. The van der Waals surface area contributed by atoms with Gasteiger partial charge in [0.15, 0.2) is 0 Å². The first-order chi connectivity index (χ1) is 18.3. The lowest BCUT2D eigenvalue weighted by molar-refractivity contribution is 0.536. The maximum atomic E-state index is 14.5. The second-order valence-electron chi connectivity index (χ2n) is 9.89. The minimum absolute atomic E-state index is 0.109. The van der Waals surface area contributed by atoms with Crippen molar-refractivity contribution >= 4 is 0 Å². The Labute approximate surface area is 223 Å². The van der Waals surface area contributed by atoms with Gasteiger partial charge in [-0.15, -0.1) is 0 Å². The second-order valence-corrected chi connectivity index (χ2v) is 9.89. The summed E-state index contributed by atoms with van der Waals surface area (Å²) in [6.07, 6.45) is 1.40. The van der Waals surface area contributed by atoms with Crippen LogP contribution in [-0.2, 0) is 19.5 Å². The summed E-state index contributed by atoms with van der Waals surface area (Å²) >= 11 is 0. The maximum absolute atomic E-state index is 14.5. The topological polar surface area (TPSA) is 53.9 Å². The largest absolute Gasteiger partial charge is 0.285 e. The van der Waals surface area contributed by atoms with Crippen LogP contribution in [-0.4, -0.2) is 18.7 Å². The summed E-state index contributed by atoms with van der Waals surface area (Å²) < 4.78 is 7.25. The number of para-hydroxylation sites is 2. The van der Waals surface area contributed by atoms with E-state index in [-0.39, 0.29) is 11.1 Å². The van der Waals surface area contributed by atoms with Gasteiger partial charge in [-0.05, 0) is 50.1 Å².